The van der Waals surface area contributed by atoms with E-state index >= 15 is 0 Å². The van der Waals surface area contributed by atoms with E-state index in [1.807, 2.05) is 24.3 Å². The molecule has 0 saturated carbocycles. The highest BCUT2D eigenvalue weighted by Crippen LogP contribution is 2.39. The highest BCUT2D eigenvalue weighted by atomic mass is 32.2. The lowest BCUT2D eigenvalue weighted by Crippen LogP contribution is -2.35. The highest BCUT2D eigenvalue weighted by Gasteiger charge is 2.32. The first-order chi connectivity index (χ1) is 12.6. The summed E-state index contributed by atoms with van der Waals surface area (Å²) < 4.78 is 28.5. The zero-order valence-electron chi connectivity index (χ0n) is 13.9. The quantitative estimate of drug-likeness (QED) is 0.756. The van der Waals surface area contributed by atoms with Crippen LogP contribution in [0.5, 0.6) is 0 Å². The number of hydrogen-bond donors (Lipinski definition) is 1. The molecule has 2 heterocycles. The minimum Gasteiger partial charge on any atom is -0.321 e. The number of nitrogens with zero attached hydrogens (tertiary/aromatic N) is 1. The number of hydrogen-bond acceptors (Lipinski definition) is 3. The standard InChI is InChI=1S/C20H16N2O3S/c23-20-15-8-3-7-14-18(11-10-16(21-20)19(14)15)26(24,25)22-12-4-6-13-5-1-2-9-17(13)22/h1-3,5,7-11H,4,6,12H2,(H,21,23). The molecule has 2 aliphatic heterocycles. The summed E-state index contributed by atoms with van der Waals surface area (Å²) in [6.45, 7) is 0.458. The van der Waals surface area contributed by atoms with Gasteiger partial charge >= 0.3 is 0 Å². The number of para-hydroxylation sites is 1. The van der Waals surface area contributed by atoms with Gasteiger partial charge in [0, 0.05) is 28.6 Å². The summed E-state index contributed by atoms with van der Waals surface area (Å²) in [5.41, 5.74) is 2.98. The lowest BCUT2D eigenvalue weighted by Gasteiger charge is -2.30. The normalized spacial score (nSPS) is 15.8. The summed E-state index contributed by atoms with van der Waals surface area (Å²) in [5, 5.41) is 4.07. The van der Waals surface area contributed by atoms with E-state index in [0.717, 1.165) is 24.1 Å². The number of fused-ring (bicyclic) bond motifs is 1. The molecule has 0 spiro atoms. The van der Waals surface area contributed by atoms with Crippen molar-refractivity contribution in [3.05, 3.63) is 65.7 Å². The summed E-state index contributed by atoms with van der Waals surface area (Å²) in [6, 6.07) is 16.1. The summed E-state index contributed by atoms with van der Waals surface area (Å²) in [6.07, 6.45) is 1.67. The molecule has 0 atom stereocenters. The summed E-state index contributed by atoms with van der Waals surface area (Å²) in [7, 11) is -3.73. The van der Waals surface area contributed by atoms with E-state index in [2.05, 4.69) is 5.32 Å². The molecule has 26 heavy (non-hydrogen) atoms. The zero-order chi connectivity index (χ0) is 17.9. The fourth-order valence-corrected chi connectivity index (χ4v) is 5.69. The van der Waals surface area contributed by atoms with Crippen LogP contribution in [0.2, 0.25) is 0 Å². The Morgan fingerprint density at radius 2 is 1.81 bits per heavy atom. The van der Waals surface area contributed by atoms with Crippen molar-refractivity contribution in [1.29, 1.82) is 0 Å². The second-order valence-corrected chi connectivity index (χ2v) is 8.43. The predicted octanol–water partition coefficient (Wildman–Crippen LogP) is 3.55. The Morgan fingerprint density at radius 1 is 0.962 bits per heavy atom. The smallest absolute Gasteiger partial charge is 0.264 e. The maximum absolute atomic E-state index is 13.5. The van der Waals surface area contributed by atoms with E-state index in [1.54, 1.807) is 30.3 Å². The summed E-state index contributed by atoms with van der Waals surface area (Å²) in [4.78, 5) is 12.3. The molecular weight excluding hydrogens is 348 g/mol. The van der Waals surface area contributed by atoms with Gasteiger partial charge < -0.3 is 5.32 Å². The lowest BCUT2D eigenvalue weighted by molar-refractivity contribution is 0.103. The second-order valence-electron chi connectivity index (χ2n) is 6.60. The van der Waals surface area contributed by atoms with E-state index in [1.165, 1.54) is 4.31 Å². The molecule has 5 nitrogen and oxygen atoms in total. The molecule has 3 aromatic rings. The molecule has 1 amide bonds. The minimum absolute atomic E-state index is 0.191. The van der Waals surface area contributed by atoms with Gasteiger partial charge in [-0.15, -0.1) is 0 Å². The van der Waals surface area contributed by atoms with Crippen LogP contribution in [-0.4, -0.2) is 20.9 Å². The van der Waals surface area contributed by atoms with Crippen molar-refractivity contribution in [2.75, 3.05) is 16.2 Å². The van der Waals surface area contributed by atoms with Crippen molar-refractivity contribution < 1.29 is 13.2 Å². The lowest BCUT2D eigenvalue weighted by atomic mass is 10.0. The number of aryl methyl sites for hydroxylation is 1. The van der Waals surface area contributed by atoms with E-state index in [0.29, 0.717) is 28.6 Å². The van der Waals surface area contributed by atoms with Crippen LogP contribution in [0.15, 0.2) is 59.5 Å². The molecule has 1 N–H and O–H groups in total. The molecule has 0 fully saturated rings. The van der Waals surface area contributed by atoms with Crippen molar-refractivity contribution in [2.24, 2.45) is 0 Å². The number of amides is 1. The fourth-order valence-electron chi connectivity index (χ4n) is 3.96. The second kappa shape index (κ2) is 5.32. The molecule has 0 radical (unpaired) electrons. The van der Waals surface area contributed by atoms with Gasteiger partial charge in [0.1, 0.15) is 0 Å². The van der Waals surface area contributed by atoms with Gasteiger partial charge in [-0.05, 0) is 42.7 Å². The Kier molecular flexibility index (Phi) is 3.15. The Labute approximate surface area is 151 Å². The number of carbonyl (C=O) groups is 1. The van der Waals surface area contributed by atoms with Crippen molar-refractivity contribution in [1.82, 2.24) is 0 Å². The van der Waals surface area contributed by atoms with Crippen molar-refractivity contribution in [2.45, 2.75) is 17.7 Å². The molecule has 130 valence electrons. The molecule has 0 bridgehead atoms. The van der Waals surface area contributed by atoms with Gasteiger partial charge in [0.25, 0.3) is 15.9 Å². The van der Waals surface area contributed by atoms with Gasteiger partial charge in [0.15, 0.2) is 0 Å². The third kappa shape index (κ3) is 2.02. The van der Waals surface area contributed by atoms with E-state index < -0.39 is 10.0 Å². The van der Waals surface area contributed by atoms with Crippen LogP contribution in [0.4, 0.5) is 11.4 Å². The van der Waals surface area contributed by atoms with Crippen LogP contribution >= 0.6 is 0 Å². The topological polar surface area (TPSA) is 66.5 Å². The van der Waals surface area contributed by atoms with E-state index in [-0.39, 0.29) is 10.8 Å². The summed E-state index contributed by atoms with van der Waals surface area (Å²) in [5.74, 6) is -0.191. The molecular formula is C20H16N2O3S. The molecule has 0 aromatic heterocycles. The SMILES string of the molecule is O=C1Nc2ccc(S(=O)(=O)N3CCCc4ccccc43)c3cccc1c23. The van der Waals surface area contributed by atoms with Crippen molar-refractivity contribution in [3.63, 3.8) is 0 Å². The number of anilines is 2. The minimum atomic E-state index is -3.73. The first kappa shape index (κ1) is 15.4. The first-order valence-corrected chi connectivity index (χ1v) is 9.99. The molecule has 5 rings (SSSR count). The van der Waals surface area contributed by atoms with Crippen LogP contribution in [-0.2, 0) is 16.4 Å². The maximum atomic E-state index is 13.5. The number of sulfonamides is 1. The first-order valence-electron chi connectivity index (χ1n) is 8.55. The van der Waals surface area contributed by atoms with E-state index in [4.69, 9.17) is 0 Å². The Balaban J connectivity index is 1.75. The van der Waals surface area contributed by atoms with Gasteiger partial charge in [-0.2, -0.15) is 0 Å². The van der Waals surface area contributed by atoms with Crippen LogP contribution in [0.25, 0.3) is 10.8 Å². The molecule has 2 aliphatic rings. The number of nitrogens with one attached hydrogen (secondary N) is 1. The third-order valence-corrected chi connectivity index (χ3v) is 7.00. The van der Waals surface area contributed by atoms with Gasteiger partial charge in [0.05, 0.1) is 10.6 Å². The monoisotopic (exact) mass is 364 g/mol. The van der Waals surface area contributed by atoms with E-state index in [9.17, 15) is 13.2 Å². The van der Waals surface area contributed by atoms with Gasteiger partial charge in [-0.1, -0.05) is 30.3 Å². The Hall–Kier alpha value is -2.86. The average Bonchev–Trinajstić information content (AvgIpc) is 2.99. The van der Waals surface area contributed by atoms with Crippen LogP contribution in [0.3, 0.4) is 0 Å². The third-order valence-electron chi connectivity index (χ3n) is 5.13. The predicted molar refractivity (Wildman–Crippen MR) is 101 cm³/mol. The van der Waals surface area contributed by atoms with Crippen LogP contribution in [0.1, 0.15) is 22.3 Å². The number of rotatable bonds is 2. The number of carbonyl (C=O) groups excluding carboxylic acids is 1. The Morgan fingerprint density at radius 3 is 2.69 bits per heavy atom. The van der Waals surface area contributed by atoms with Gasteiger partial charge in [-0.25, -0.2) is 8.42 Å². The zero-order valence-corrected chi connectivity index (χ0v) is 14.7. The van der Waals surface area contributed by atoms with Crippen LogP contribution in [0, 0.1) is 0 Å². The molecule has 3 aromatic carbocycles. The number of benzene rings is 3. The molecule has 0 saturated heterocycles. The Bertz CT molecular complexity index is 1180. The van der Waals surface area contributed by atoms with Crippen molar-refractivity contribution in [3.8, 4) is 0 Å². The van der Waals surface area contributed by atoms with Gasteiger partial charge in [0.2, 0.25) is 0 Å². The fraction of sp³-hybridized carbons (Fsp3) is 0.150. The molecule has 0 unspecified atom stereocenters. The average molecular weight is 364 g/mol. The molecule has 0 aliphatic carbocycles. The largest absolute Gasteiger partial charge is 0.321 e. The highest BCUT2D eigenvalue weighted by molar-refractivity contribution is 7.93. The van der Waals surface area contributed by atoms with Gasteiger partial charge in [-0.3, -0.25) is 9.10 Å². The maximum Gasteiger partial charge on any atom is 0.264 e. The summed E-state index contributed by atoms with van der Waals surface area (Å²) >= 11 is 0. The van der Waals surface area contributed by atoms with Crippen molar-refractivity contribution >= 4 is 38.1 Å². The van der Waals surface area contributed by atoms with Crippen LogP contribution < -0.4 is 9.62 Å². The molecule has 6 heteroatoms.